The molecule has 158 valence electrons. The van der Waals surface area contributed by atoms with Gasteiger partial charge in [0.05, 0.1) is 5.41 Å². The molecule has 5 aliphatic rings. The summed E-state index contributed by atoms with van der Waals surface area (Å²) < 4.78 is 0. The molecule has 6 heteroatoms. The van der Waals surface area contributed by atoms with Crippen molar-refractivity contribution in [3.05, 3.63) is 35.9 Å². The van der Waals surface area contributed by atoms with Crippen molar-refractivity contribution in [3.8, 4) is 0 Å². The molecule has 29 heavy (non-hydrogen) atoms. The number of carboxylic acids is 1. The molecule has 4 bridgehead atoms. The lowest BCUT2D eigenvalue weighted by molar-refractivity contribution is -0.176. The van der Waals surface area contributed by atoms with Crippen LogP contribution in [0, 0.1) is 16.7 Å². The number of amides is 1. The number of benzene rings is 1. The molecule has 6 nitrogen and oxygen atoms in total. The summed E-state index contributed by atoms with van der Waals surface area (Å²) in [7, 11) is 0. The van der Waals surface area contributed by atoms with Gasteiger partial charge in [0.1, 0.15) is 0 Å². The second-order valence-electron chi connectivity index (χ2n) is 10.2. The van der Waals surface area contributed by atoms with Crippen molar-refractivity contribution in [2.45, 2.75) is 63.3 Å². The molecule has 0 aromatic heterocycles. The van der Waals surface area contributed by atoms with Gasteiger partial charge in [-0.05, 0) is 73.8 Å². The Kier molecular flexibility index (Phi) is 5.09. The molecule has 1 saturated heterocycles. The van der Waals surface area contributed by atoms with E-state index in [-0.39, 0.29) is 16.9 Å². The van der Waals surface area contributed by atoms with Crippen molar-refractivity contribution < 1.29 is 19.8 Å². The zero-order valence-electron chi connectivity index (χ0n) is 17.1. The van der Waals surface area contributed by atoms with Gasteiger partial charge in [-0.3, -0.25) is 4.79 Å². The first-order chi connectivity index (χ1) is 13.7. The first-order valence-electron chi connectivity index (χ1n) is 10.7. The van der Waals surface area contributed by atoms with E-state index in [2.05, 4.69) is 47.9 Å². The maximum absolute atomic E-state index is 12.0. The van der Waals surface area contributed by atoms with Crippen LogP contribution in [0.15, 0.2) is 30.3 Å². The zero-order chi connectivity index (χ0) is 20.7. The molecule has 4 saturated carbocycles. The second-order valence-corrected chi connectivity index (χ2v) is 10.2. The lowest BCUT2D eigenvalue weighted by Crippen LogP contribution is -2.60. The Labute approximate surface area is 172 Å². The van der Waals surface area contributed by atoms with Gasteiger partial charge in [-0.15, -0.1) is 0 Å². The molecule has 5 unspecified atom stereocenters. The molecular weight excluding hydrogens is 368 g/mol. The molecule has 4 aliphatic carbocycles. The van der Waals surface area contributed by atoms with Crippen LogP contribution >= 0.6 is 0 Å². The summed E-state index contributed by atoms with van der Waals surface area (Å²) in [5.41, 5.74) is 1.27. The molecule has 1 aliphatic heterocycles. The minimum atomic E-state index is -0.927. The summed E-state index contributed by atoms with van der Waals surface area (Å²) in [5, 5.41) is 23.5. The predicted molar refractivity (Wildman–Crippen MR) is 110 cm³/mol. The molecule has 1 aromatic rings. The normalized spacial score (nSPS) is 39.5. The molecule has 5 fully saturated rings. The molecule has 1 heterocycles. The minimum absolute atomic E-state index is 0.119. The zero-order valence-corrected chi connectivity index (χ0v) is 17.1. The molecule has 5 atom stereocenters. The van der Waals surface area contributed by atoms with E-state index >= 15 is 0 Å². The fourth-order valence-electron chi connectivity index (χ4n) is 7.23. The van der Waals surface area contributed by atoms with Crippen LogP contribution in [-0.2, 0) is 10.2 Å². The monoisotopic (exact) mass is 400 g/mol. The standard InChI is InChI=1S/C18H22O2.C5H10N2O2/c1-16-7-13-8-17(10-16,14-5-3-2-4-6-14)12-18(9-13,11-16)15(19)20;8-5(9)7-4-1-2-6-3-4/h2-6,13H,7-12H2,1H3,(H,19,20);4,6-7H,1-3H2,(H,8,9). The maximum atomic E-state index is 12.0. The van der Waals surface area contributed by atoms with Gasteiger partial charge in [-0.2, -0.15) is 0 Å². The lowest BCUT2D eigenvalue weighted by Gasteiger charge is -2.64. The van der Waals surface area contributed by atoms with Crippen LogP contribution in [0.2, 0.25) is 0 Å². The quantitative estimate of drug-likeness (QED) is 0.621. The summed E-state index contributed by atoms with van der Waals surface area (Å²) in [6, 6.07) is 10.8. The molecule has 0 spiro atoms. The van der Waals surface area contributed by atoms with Crippen LogP contribution in [-0.4, -0.2) is 41.4 Å². The highest BCUT2D eigenvalue weighted by Crippen LogP contribution is 2.70. The maximum Gasteiger partial charge on any atom is 0.404 e. The molecular formula is C23H32N2O4. The van der Waals surface area contributed by atoms with Crippen LogP contribution in [0.5, 0.6) is 0 Å². The summed E-state index contributed by atoms with van der Waals surface area (Å²) in [6.07, 6.45) is 6.24. The van der Waals surface area contributed by atoms with E-state index in [1.165, 1.54) is 24.8 Å². The summed E-state index contributed by atoms with van der Waals surface area (Å²) in [4.78, 5) is 22.0. The molecule has 1 aromatic carbocycles. The third-order valence-electron chi connectivity index (χ3n) is 7.58. The number of hydrogen-bond acceptors (Lipinski definition) is 3. The van der Waals surface area contributed by atoms with Crippen LogP contribution in [0.25, 0.3) is 0 Å². The number of rotatable bonds is 3. The Hall–Kier alpha value is -2.08. The Morgan fingerprint density at radius 1 is 1.07 bits per heavy atom. The molecule has 6 rings (SSSR count). The molecule has 0 radical (unpaired) electrons. The number of hydrogen-bond donors (Lipinski definition) is 4. The average molecular weight is 401 g/mol. The number of carbonyl (C=O) groups is 2. The fourth-order valence-corrected chi connectivity index (χ4v) is 7.23. The van der Waals surface area contributed by atoms with Crippen molar-refractivity contribution in [2.75, 3.05) is 13.1 Å². The van der Waals surface area contributed by atoms with Crippen LogP contribution in [0.4, 0.5) is 4.79 Å². The van der Waals surface area contributed by atoms with E-state index in [1.54, 1.807) is 0 Å². The van der Waals surface area contributed by atoms with Gasteiger partial charge >= 0.3 is 12.1 Å². The Balaban J connectivity index is 0.000000192. The third kappa shape index (κ3) is 3.87. The Morgan fingerprint density at radius 2 is 1.83 bits per heavy atom. The van der Waals surface area contributed by atoms with Crippen molar-refractivity contribution >= 4 is 12.1 Å². The minimum Gasteiger partial charge on any atom is -0.481 e. The number of nitrogens with one attached hydrogen (secondary N) is 2. The highest BCUT2D eigenvalue weighted by molar-refractivity contribution is 5.76. The summed E-state index contributed by atoms with van der Waals surface area (Å²) in [6.45, 7) is 4.02. The van der Waals surface area contributed by atoms with Crippen LogP contribution in [0.3, 0.4) is 0 Å². The average Bonchev–Trinajstić information content (AvgIpc) is 3.13. The highest BCUT2D eigenvalue weighted by atomic mass is 16.4. The second kappa shape index (κ2) is 7.31. The van der Waals surface area contributed by atoms with Crippen LogP contribution < -0.4 is 10.6 Å². The van der Waals surface area contributed by atoms with Crippen molar-refractivity contribution in [3.63, 3.8) is 0 Å². The van der Waals surface area contributed by atoms with E-state index in [4.69, 9.17) is 5.11 Å². The van der Waals surface area contributed by atoms with Gasteiger partial charge in [-0.1, -0.05) is 37.3 Å². The SMILES string of the molecule is CC12CC3CC(C(=O)O)(C1)CC(c1ccccc1)(C3)C2.O=C(O)NC1CCNC1. The Morgan fingerprint density at radius 3 is 2.41 bits per heavy atom. The van der Waals surface area contributed by atoms with Crippen molar-refractivity contribution in [2.24, 2.45) is 16.7 Å². The summed E-state index contributed by atoms with van der Waals surface area (Å²) >= 11 is 0. The third-order valence-corrected chi connectivity index (χ3v) is 7.58. The van der Waals surface area contributed by atoms with Gasteiger partial charge in [0, 0.05) is 12.6 Å². The number of aliphatic carboxylic acids is 1. The van der Waals surface area contributed by atoms with Crippen molar-refractivity contribution in [1.82, 2.24) is 10.6 Å². The van der Waals surface area contributed by atoms with E-state index in [0.717, 1.165) is 38.8 Å². The lowest BCUT2D eigenvalue weighted by atomic mass is 9.39. The Bertz CT molecular complexity index is 778. The fraction of sp³-hybridized carbons (Fsp3) is 0.652. The van der Waals surface area contributed by atoms with Crippen molar-refractivity contribution in [1.29, 1.82) is 0 Å². The van der Waals surface area contributed by atoms with Gasteiger partial charge < -0.3 is 20.8 Å². The molecule has 4 N–H and O–H groups in total. The van der Waals surface area contributed by atoms with Gasteiger partial charge in [-0.25, -0.2) is 4.79 Å². The van der Waals surface area contributed by atoms with E-state index < -0.39 is 17.5 Å². The first kappa shape index (κ1) is 20.2. The largest absolute Gasteiger partial charge is 0.481 e. The predicted octanol–water partition coefficient (Wildman–Crippen LogP) is 3.62. The summed E-state index contributed by atoms with van der Waals surface area (Å²) in [5.74, 6) is 0.0562. The smallest absolute Gasteiger partial charge is 0.404 e. The van der Waals surface area contributed by atoms with E-state index in [1.807, 2.05) is 0 Å². The topological polar surface area (TPSA) is 98.7 Å². The van der Waals surface area contributed by atoms with E-state index in [0.29, 0.717) is 5.92 Å². The number of carboxylic acid groups (broad SMARTS) is 2. The van der Waals surface area contributed by atoms with Gasteiger partial charge in [0.2, 0.25) is 0 Å². The first-order valence-corrected chi connectivity index (χ1v) is 10.7. The molecule has 1 amide bonds. The van der Waals surface area contributed by atoms with Gasteiger partial charge in [0.15, 0.2) is 0 Å². The van der Waals surface area contributed by atoms with Gasteiger partial charge in [0.25, 0.3) is 0 Å². The van der Waals surface area contributed by atoms with E-state index in [9.17, 15) is 14.7 Å². The highest BCUT2D eigenvalue weighted by Gasteiger charge is 2.64. The van der Waals surface area contributed by atoms with Crippen LogP contribution in [0.1, 0.15) is 57.4 Å².